The van der Waals surface area contributed by atoms with E-state index in [0.717, 1.165) is 0 Å². The average molecular weight is 251 g/mol. The predicted molar refractivity (Wildman–Crippen MR) is 63.7 cm³/mol. The van der Waals surface area contributed by atoms with Gasteiger partial charge in [-0.05, 0) is 12.1 Å². The van der Waals surface area contributed by atoms with Gasteiger partial charge in [0.2, 0.25) is 0 Å². The lowest BCUT2D eigenvalue weighted by molar-refractivity contribution is 0.0967. The Kier molecular flexibility index (Phi) is 3.51. The van der Waals surface area contributed by atoms with Crippen LogP contribution in [0.1, 0.15) is 16.1 Å². The van der Waals surface area contributed by atoms with E-state index in [1.54, 1.807) is 30.5 Å². The first-order valence-corrected chi connectivity index (χ1v) is 5.44. The minimum Gasteiger partial charge on any atom is -0.325 e. The molecule has 0 atom stereocenters. The molecule has 5 nitrogen and oxygen atoms in total. The molecule has 0 aliphatic heterocycles. The van der Waals surface area contributed by atoms with Gasteiger partial charge in [-0.2, -0.15) is 0 Å². The van der Waals surface area contributed by atoms with E-state index in [2.05, 4.69) is 10.3 Å². The number of hydrogen-bond acceptors (Lipinski definition) is 4. The molecule has 0 saturated carbocycles. The van der Waals surface area contributed by atoms with Crippen LogP contribution in [0, 0.1) is 0 Å². The number of rotatable bonds is 4. The topological polar surface area (TPSA) is 73.8 Å². The van der Waals surface area contributed by atoms with Crippen molar-refractivity contribution >= 4 is 17.4 Å². The Morgan fingerprint density at radius 1 is 1.47 bits per heavy atom. The lowest BCUT2D eigenvalue weighted by Gasteiger charge is -2.00. The van der Waals surface area contributed by atoms with Gasteiger partial charge in [-0.3, -0.25) is 4.79 Å². The number of carbonyl (C=O) groups is 1. The quantitative estimate of drug-likeness (QED) is 0.830. The first-order chi connectivity index (χ1) is 8.19. The smallest absolute Gasteiger partial charge is 0.184 e. The van der Waals surface area contributed by atoms with Crippen molar-refractivity contribution in [2.45, 2.75) is 13.1 Å². The lowest BCUT2D eigenvalue weighted by Crippen LogP contribution is -2.11. The molecule has 1 heterocycles. The van der Waals surface area contributed by atoms with E-state index in [1.807, 2.05) is 0 Å². The number of benzene rings is 1. The van der Waals surface area contributed by atoms with Crippen LogP contribution < -0.4 is 5.73 Å². The standard InChI is InChI=1S/C11H11ClN4O/c12-9-3-1-2-8(4-9)11(17)7-16-6-10(5-13)14-15-16/h1-4,6H,5,7,13H2. The van der Waals surface area contributed by atoms with Crippen LogP contribution in [0.25, 0.3) is 0 Å². The van der Waals surface area contributed by atoms with Crippen molar-refractivity contribution in [2.75, 3.05) is 0 Å². The number of nitrogens with zero attached hydrogens (tertiary/aromatic N) is 3. The van der Waals surface area contributed by atoms with Gasteiger partial charge in [0.1, 0.15) is 6.54 Å². The van der Waals surface area contributed by atoms with E-state index in [0.29, 0.717) is 22.8 Å². The van der Waals surface area contributed by atoms with Crippen LogP contribution in [-0.4, -0.2) is 20.8 Å². The normalized spacial score (nSPS) is 10.5. The van der Waals surface area contributed by atoms with E-state index in [1.165, 1.54) is 4.68 Å². The van der Waals surface area contributed by atoms with Crippen molar-refractivity contribution in [1.82, 2.24) is 15.0 Å². The molecular formula is C11H11ClN4O. The summed E-state index contributed by atoms with van der Waals surface area (Å²) in [7, 11) is 0. The summed E-state index contributed by atoms with van der Waals surface area (Å²) in [5.74, 6) is -0.0685. The summed E-state index contributed by atoms with van der Waals surface area (Å²) in [6, 6.07) is 6.81. The minimum absolute atomic E-state index is 0.0685. The van der Waals surface area contributed by atoms with Crippen LogP contribution in [0.4, 0.5) is 0 Å². The summed E-state index contributed by atoms with van der Waals surface area (Å²) in [5.41, 5.74) is 6.62. The number of aromatic nitrogens is 3. The van der Waals surface area contributed by atoms with Gasteiger partial charge in [-0.1, -0.05) is 28.9 Å². The molecule has 2 rings (SSSR count). The first-order valence-electron chi connectivity index (χ1n) is 5.07. The van der Waals surface area contributed by atoms with Crippen molar-refractivity contribution in [3.8, 4) is 0 Å². The van der Waals surface area contributed by atoms with E-state index in [-0.39, 0.29) is 12.3 Å². The average Bonchev–Trinajstić information content (AvgIpc) is 2.77. The molecule has 0 amide bonds. The maximum absolute atomic E-state index is 11.9. The molecule has 88 valence electrons. The zero-order chi connectivity index (χ0) is 12.3. The first kappa shape index (κ1) is 11.8. The highest BCUT2D eigenvalue weighted by atomic mass is 35.5. The monoisotopic (exact) mass is 250 g/mol. The molecule has 1 aromatic heterocycles. The van der Waals surface area contributed by atoms with Crippen LogP contribution in [-0.2, 0) is 13.1 Å². The Hall–Kier alpha value is -1.72. The highest BCUT2D eigenvalue weighted by Crippen LogP contribution is 2.11. The summed E-state index contributed by atoms with van der Waals surface area (Å²) < 4.78 is 1.46. The zero-order valence-electron chi connectivity index (χ0n) is 9.01. The van der Waals surface area contributed by atoms with Crippen molar-refractivity contribution in [3.63, 3.8) is 0 Å². The Morgan fingerprint density at radius 3 is 2.94 bits per heavy atom. The van der Waals surface area contributed by atoms with Crippen molar-refractivity contribution in [2.24, 2.45) is 5.73 Å². The number of carbonyl (C=O) groups excluding carboxylic acids is 1. The molecule has 17 heavy (non-hydrogen) atoms. The summed E-state index contributed by atoms with van der Waals surface area (Å²) in [6.07, 6.45) is 1.66. The minimum atomic E-state index is -0.0685. The van der Waals surface area contributed by atoms with Gasteiger partial charge in [-0.15, -0.1) is 5.10 Å². The van der Waals surface area contributed by atoms with Gasteiger partial charge in [0.15, 0.2) is 5.78 Å². The highest BCUT2D eigenvalue weighted by Gasteiger charge is 2.08. The van der Waals surface area contributed by atoms with Gasteiger partial charge in [0.25, 0.3) is 0 Å². The molecule has 0 aliphatic carbocycles. The maximum atomic E-state index is 11.9. The third-order valence-electron chi connectivity index (χ3n) is 2.25. The van der Waals surface area contributed by atoms with E-state index < -0.39 is 0 Å². The molecule has 2 N–H and O–H groups in total. The Balaban J connectivity index is 2.11. The van der Waals surface area contributed by atoms with E-state index in [9.17, 15) is 4.79 Å². The summed E-state index contributed by atoms with van der Waals surface area (Å²) in [5, 5.41) is 8.16. The Morgan fingerprint density at radius 2 is 2.29 bits per heavy atom. The lowest BCUT2D eigenvalue weighted by atomic mass is 10.1. The summed E-state index contributed by atoms with van der Waals surface area (Å²) >= 11 is 5.81. The van der Waals surface area contributed by atoms with E-state index in [4.69, 9.17) is 17.3 Å². The van der Waals surface area contributed by atoms with Gasteiger partial charge in [0, 0.05) is 17.1 Å². The highest BCUT2D eigenvalue weighted by molar-refractivity contribution is 6.31. The number of hydrogen-bond donors (Lipinski definition) is 1. The molecule has 0 fully saturated rings. The number of nitrogens with two attached hydrogens (primary N) is 1. The second-order valence-electron chi connectivity index (χ2n) is 3.55. The second-order valence-corrected chi connectivity index (χ2v) is 3.98. The molecule has 0 spiro atoms. The molecule has 2 aromatic rings. The fraction of sp³-hybridized carbons (Fsp3) is 0.182. The molecule has 0 saturated heterocycles. The van der Waals surface area contributed by atoms with Crippen LogP contribution in [0.3, 0.4) is 0 Å². The van der Waals surface area contributed by atoms with Crippen molar-refractivity contribution in [1.29, 1.82) is 0 Å². The fourth-order valence-electron chi connectivity index (χ4n) is 1.41. The van der Waals surface area contributed by atoms with Crippen molar-refractivity contribution in [3.05, 3.63) is 46.7 Å². The molecule has 0 unspecified atom stereocenters. The van der Waals surface area contributed by atoms with Crippen LogP contribution >= 0.6 is 11.6 Å². The zero-order valence-corrected chi connectivity index (χ0v) is 9.76. The third-order valence-corrected chi connectivity index (χ3v) is 2.48. The molecule has 0 bridgehead atoms. The molecule has 6 heteroatoms. The SMILES string of the molecule is NCc1cn(CC(=O)c2cccc(Cl)c2)nn1. The van der Waals surface area contributed by atoms with Crippen LogP contribution in [0.5, 0.6) is 0 Å². The third kappa shape index (κ3) is 2.89. The van der Waals surface area contributed by atoms with Crippen molar-refractivity contribution < 1.29 is 4.79 Å². The number of halogens is 1. The van der Waals surface area contributed by atoms with Gasteiger partial charge >= 0.3 is 0 Å². The maximum Gasteiger partial charge on any atom is 0.184 e. The Bertz CT molecular complexity index is 538. The number of Topliss-reactive ketones (excluding diaryl/α,β-unsaturated/α-hetero) is 1. The number of ketones is 1. The molecule has 1 aromatic carbocycles. The van der Waals surface area contributed by atoms with Crippen LogP contribution in [0.15, 0.2) is 30.5 Å². The molecule has 0 radical (unpaired) electrons. The Labute approximate surface area is 103 Å². The van der Waals surface area contributed by atoms with Gasteiger partial charge in [-0.25, -0.2) is 4.68 Å². The van der Waals surface area contributed by atoms with Gasteiger partial charge < -0.3 is 5.73 Å². The van der Waals surface area contributed by atoms with Gasteiger partial charge in [0.05, 0.1) is 11.9 Å². The van der Waals surface area contributed by atoms with Crippen LogP contribution in [0.2, 0.25) is 5.02 Å². The fourth-order valence-corrected chi connectivity index (χ4v) is 1.60. The predicted octanol–water partition coefficient (Wildman–Crippen LogP) is 1.27. The largest absolute Gasteiger partial charge is 0.325 e. The van der Waals surface area contributed by atoms with E-state index >= 15 is 0 Å². The summed E-state index contributed by atoms with van der Waals surface area (Å²) in [4.78, 5) is 11.9. The molecular weight excluding hydrogens is 240 g/mol. The summed E-state index contributed by atoms with van der Waals surface area (Å²) in [6.45, 7) is 0.443. The molecule has 0 aliphatic rings. The second kappa shape index (κ2) is 5.07.